The van der Waals surface area contributed by atoms with Crippen molar-refractivity contribution in [2.24, 2.45) is 0 Å². The molecule has 4 aromatic rings. The zero-order valence-electron chi connectivity index (χ0n) is 17.7. The molecule has 0 saturated carbocycles. The highest BCUT2D eigenvalue weighted by atomic mass is 16.5. The lowest BCUT2D eigenvalue weighted by atomic mass is 9.93. The van der Waals surface area contributed by atoms with E-state index < -0.39 is 0 Å². The summed E-state index contributed by atoms with van der Waals surface area (Å²) in [6, 6.07) is 23.8. The van der Waals surface area contributed by atoms with Crippen molar-refractivity contribution < 1.29 is 4.74 Å². The van der Waals surface area contributed by atoms with Crippen molar-refractivity contribution in [1.82, 2.24) is 10.3 Å². The van der Waals surface area contributed by atoms with Crippen molar-refractivity contribution in [2.75, 3.05) is 13.2 Å². The summed E-state index contributed by atoms with van der Waals surface area (Å²) in [6.07, 6.45) is 1.99. The molecule has 2 N–H and O–H groups in total. The lowest BCUT2D eigenvalue weighted by Crippen LogP contribution is -2.30. The van der Waals surface area contributed by atoms with Crippen LogP contribution in [0.4, 0.5) is 0 Å². The van der Waals surface area contributed by atoms with Crippen LogP contribution in [0.3, 0.4) is 0 Å². The minimum absolute atomic E-state index is 0.194. The average molecular weight is 397 g/mol. The molecule has 0 amide bonds. The number of nitrogens with one attached hydrogen (secondary N) is 2. The lowest BCUT2D eigenvalue weighted by Gasteiger charge is -2.25. The number of H-pyrrole nitrogens is 1. The molecule has 0 bridgehead atoms. The molecule has 0 spiro atoms. The predicted molar refractivity (Wildman–Crippen MR) is 123 cm³/mol. The largest absolute Gasteiger partial charge is 0.493 e. The Balaban J connectivity index is 1.35. The molecule has 1 atom stereocenters. The van der Waals surface area contributed by atoms with Crippen molar-refractivity contribution in [3.63, 3.8) is 0 Å². The van der Waals surface area contributed by atoms with Gasteiger partial charge < -0.3 is 15.0 Å². The van der Waals surface area contributed by atoms with Gasteiger partial charge in [-0.3, -0.25) is 0 Å². The Morgan fingerprint density at radius 2 is 1.77 bits per heavy atom. The van der Waals surface area contributed by atoms with Gasteiger partial charge in [-0.2, -0.15) is 0 Å². The topological polar surface area (TPSA) is 37.0 Å². The number of hydrogen-bond donors (Lipinski definition) is 2. The molecule has 1 aliphatic rings. The quantitative estimate of drug-likeness (QED) is 0.458. The van der Waals surface area contributed by atoms with Crippen LogP contribution >= 0.6 is 0 Å². The third-order valence-electron chi connectivity index (χ3n) is 6.10. The van der Waals surface area contributed by atoms with Gasteiger partial charge in [0.05, 0.1) is 12.6 Å². The Hall–Kier alpha value is -3.04. The number of ether oxygens (including phenoxy) is 1. The minimum atomic E-state index is 0.194. The fourth-order valence-electron chi connectivity index (χ4n) is 4.74. The number of hydrogen-bond acceptors (Lipinski definition) is 2. The highest BCUT2D eigenvalue weighted by Gasteiger charge is 2.26. The highest BCUT2D eigenvalue weighted by Crippen LogP contribution is 2.35. The number of aromatic amines is 1. The second-order valence-corrected chi connectivity index (χ2v) is 8.31. The zero-order valence-corrected chi connectivity index (χ0v) is 17.7. The Morgan fingerprint density at radius 3 is 2.57 bits per heavy atom. The summed E-state index contributed by atoms with van der Waals surface area (Å²) in [7, 11) is 0. The Bertz CT molecular complexity index is 1160. The molecule has 3 aromatic carbocycles. The molecular weight excluding hydrogens is 368 g/mol. The van der Waals surface area contributed by atoms with Gasteiger partial charge in [-0.25, -0.2) is 0 Å². The van der Waals surface area contributed by atoms with Crippen LogP contribution < -0.4 is 10.1 Å². The van der Waals surface area contributed by atoms with Gasteiger partial charge in [-0.1, -0.05) is 48.5 Å². The fraction of sp³-hybridized carbons (Fsp3) is 0.259. The van der Waals surface area contributed by atoms with E-state index in [0.717, 1.165) is 25.1 Å². The van der Waals surface area contributed by atoms with Gasteiger partial charge in [-0.05, 0) is 66.3 Å². The first-order valence-electron chi connectivity index (χ1n) is 10.8. The second-order valence-electron chi connectivity index (χ2n) is 8.31. The molecular formula is C27H28N2O. The summed E-state index contributed by atoms with van der Waals surface area (Å²) >= 11 is 0. The number of rotatable bonds is 5. The lowest BCUT2D eigenvalue weighted by molar-refractivity contribution is 0.322. The maximum Gasteiger partial charge on any atom is 0.119 e. The average Bonchev–Trinajstić information content (AvgIpc) is 3.13. The van der Waals surface area contributed by atoms with E-state index in [-0.39, 0.29) is 6.04 Å². The van der Waals surface area contributed by atoms with Gasteiger partial charge in [0.2, 0.25) is 0 Å². The molecule has 1 aliphatic heterocycles. The van der Waals surface area contributed by atoms with Crippen LogP contribution in [0, 0.1) is 13.8 Å². The van der Waals surface area contributed by atoms with E-state index in [1.165, 1.54) is 44.4 Å². The van der Waals surface area contributed by atoms with Crippen molar-refractivity contribution >= 4 is 10.9 Å². The van der Waals surface area contributed by atoms with Crippen LogP contribution in [0.25, 0.3) is 10.9 Å². The maximum atomic E-state index is 5.97. The van der Waals surface area contributed by atoms with E-state index in [9.17, 15) is 0 Å². The third-order valence-corrected chi connectivity index (χ3v) is 6.10. The highest BCUT2D eigenvalue weighted by molar-refractivity contribution is 5.89. The molecule has 5 rings (SSSR count). The standard InChI is InChI=1S/C27H28N2O/c1-18-16-19(2)25-23-12-14-28-26(27(23)29-24(25)17-18)21-8-10-22(11-9-21)30-15-13-20-6-4-3-5-7-20/h3-11,16-17,26,28-29H,12-15H2,1-2H3. The van der Waals surface area contributed by atoms with Crippen LogP contribution in [0.5, 0.6) is 5.75 Å². The molecule has 0 saturated heterocycles. The summed E-state index contributed by atoms with van der Waals surface area (Å²) in [4.78, 5) is 3.72. The molecule has 2 heterocycles. The van der Waals surface area contributed by atoms with E-state index in [2.05, 4.69) is 84.8 Å². The Labute approximate surface area is 178 Å². The molecule has 152 valence electrons. The number of benzene rings is 3. The molecule has 0 fully saturated rings. The van der Waals surface area contributed by atoms with E-state index in [0.29, 0.717) is 6.61 Å². The predicted octanol–water partition coefficient (Wildman–Crippen LogP) is 5.64. The maximum absolute atomic E-state index is 5.97. The molecule has 0 aliphatic carbocycles. The van der Waals surface area contributed by atoms with Crippen LogP contribution in [0.1, 0.15) is 39.6 Å². The van der Waals surface area contributed by atoms with E-state index in [1.54, 1.807) is 0 Å². The first-order chi connectivity index (χ1) is 14.7. The van der Waals surface area contributed by atoms with E-state index in [4.69, 9.17) is 4.74 Å². The Kier molecular flexibility index (Phi) is 5.06. The molecule has 1 unspecified atom stereocenters. The van der Waals surface area contributed by atoms with Gasteiger partial charge in [0.15, 0.2) is 0 Å². The third kappa shape index (κ3) is 3.61. The fourth-order valence-corrected chi connectivity index (χ4v) is 4.74. The monoisotopic (exact) mass is 396 g/mol. The minimum Gasteiger partial charge on any atom is -0.493 e. The summed E-state index contributed by atoms with van der Waals surface area (Å²) in [5.74, 6) is 0.925. The van der Waals surface area contributed by atoms with Crippen molar-refractivity contribution in [1.29, 1.82) is 0 Å². The first kappa shape index (κ1) is 19.0. The second kappa shape index (κ2) is 8.00. The van der Waals surface area contributed by atoms with Crippen LogP contribution in [-0.2, 0) is 12.8 Å². The van der Waals surface area contributed by atoms with Gasteiger partial charge in [-0.15, -0.1) is 0 Å². The van der Waals surface area contributed by atoms with Gasteiger partial charge in [0.1, 0.15) is 5.75 Å². The first-order valence-corrected chi connectivity index (χ1v) is 10.8. The van der Waals surface area contributed by atoms with Gasteiger partial charge >= 0.3 is 0 Å². The smallest absolute Gasteiger partial charge is 0.119 e. The van der Waals surface area contributed by atoms with Crippen molar-refractivity contribution in [3.05, 3.63) is 100 Å². The number of fused-ring (bicyclic) bond motifs is 3. The molecule has 30 heavy (non-hydrogen) atoms. The summed E-state index contributed by atoms with van der Waals surface area (Å²) in [6.45, 7) is 6.07. The van der Waals surface area contributed by atoms with Crippen LogP contribution in [-0.4, -0.2) is 18.1 Å². The molecule has 1 aromatic heterocycles. The van der Waals surface area contributed by atoms with Gasteiger partial charge in [0.25, 0.3) is 0 Å². The molecule has 0 radical (unpaired) electrons. The summed E-state index contributed by atoms with van der Waals surface area (Å²) in [5.41, 5.74) is 9.28. The normalized spacial score (nSPS) is 15.9. The summed E-state index contributed by atoms with van der Waals surface area (Å²) < 4.78 is 5.97. The van der Waals surface area contributed by atoms with Crippen molar-refractivity contribution in [2.45, 2.75) is 32.7 Å². The van der Waals surface area contributed by atoms with Crippen LogP contribution in [0.15, 0.2) is 66.7 Å². The zero-order chi connectivity index (χ0) is 20.5. The number of aromatic nitrogens is 1. The Morgan fingerprint density at radius 1 is 0.967 bits per heavy atom. The summed E-state index contributed by atoms with van der Waals surface area (Å²) in [5, 5.41) is 5.10. The van der Waals surface area contributed by atoms with Crippen LogP contribution in [0.2, 0.25) is 0 Å². The van der Waals surface area contributed by atoms with Gasteiger partial charge in [0, 0.05) is 29.6 Å². The molecule has 3 nitrogen and oxygen atoms in total. The SMILES string of the molecule is Cc1cc(C)c2c3c([nH]c2c1)C(c1ccc(OCCc2ccccc2)cc1)NCC3. The van der Waals surface area contributed by atoms with Crippen molar-refractivity contribution in [3.8, 4) is 5.75 Å². The number of aryl methyl sites for hydroxylation is 2. The molecule has 3 heteroatoms. The van der Waals surface area contributed by atoms with E-state index >= 15 is 0 Å². The van der Waals surface area contributed by atoms with E-state index in [1.807, 2.05) is 6.07 Å².